The Morgan fingerprint density at radius 1 is 1.24 bits per heavy atom. The van der Waals surface area contributed by atoms with Crippen molar-refractivity contribution in [2.75, 3.05) is 0 Å². The van der Waals surface area contributed by atoms with Crippen molar-refractivity contribution >= 4 is 0 Å². The Morgan fingerprint density at radius 2 is 1.88 bits per heavy atom. The van der Waals surface area contributed by atoms with Gasteiger partial charge in [0.2, 0.25) is 0 Å². The molecular weight excluding hydrogens is 229 g/mol. The third-order valence-electron chi connectivity index (χ3n) is 3.12. The lowest BCUT2D eigenvalue weighted by atomic mass is 9.81. The Labute approximate surface area is 100 Å². The van der Waals surface area contributed by atoms with Gasteiger partial charge in [-0.15, -0.1) is 13.2 Å². The molecule has 0 aliphatic heterocycles. The molecule has 0 aromatic heterocycles. The van der Waals surface area contributed by atoms with Gasteiger partial charge in [0.25, 0.3) is 0 Å². The monoisotopic (exact) mass is 248 g/mol. The van der Waals surface area contributed by atoms with E-state index in [1.807, 2.05) is 32.1 Å². The average molecular weight is 248 g/mol. The zero-order valence-corrected chi connectivity index (χ0v) is 10.3. The first-order valence-corrected chi connectivity index (χ1v) is 5.98. The molecule has 1 aliphatic carbocycles. The predicted molar refractivity (Wildman–Crippen MR) is 61.5 cm³/mol. The largest absolute Gasteiger partial charge is 0.522 e. The lowest BCUT2D eigenvalue weighted by Gasteiger charge is -2.32. The second kappa shape index (κ2) is 6.24. The van der Waals surface area contributed by atoms with Crippen molar-refractivity contribution in [2.24, 2.45) is 5.92 Å². The molecule has 0 amide bonds. The molecular formula is C13H19F3O. The maximum absolute atomic E-state index is 12.3. The predicted octanol–water partition coefficient (Wildman–Crippen LogP) is 4.60. The van der Waals surface area contributed by atoms with Crippen LogP contribution in [-0.4, -0.2) is 12.5 Å². The van der Waals surface area contributed by atoms with Crippen molar-refractivity contribution < 1.29 is 17.9 Å². The lowest BCUT2D eigenvalue weighted by molar-refractivity contribution is -0.349. The van der Waals surface area contributed by atoms with Crippen LogP contribution in [0.3, 0.4) is 0 Å². The molecule has 98 valence electrons. The van der Waals surface area contributed by atoms with E-state index in [2.05, 4.69) is 4.74 Å². The van der Waals surface area contributed by atoms with Crippen molar-refractivity contribution in [1.29, 1.82) is 0 Å². The fourth-order valence-electron chi connectivity index (χ4n) is 2.30. The third kappa shape index (κ3) is 4.94. The van der Waals surface area contributed by atoms with Crippen molar-refractivity contribution in [2.45, 2.75) is 52.0 Å². The van der Waals surface area contributed by atoms with Crippen LogP contribution in [0.25, 0.3) is 0 Å². The van der Waals surface area contributed by atoms with Crippen molar-refractivity contribution in [3.8, 4) is 0 Å². The summed E-state index contributed by atoms with van der Waals surface area (Å²) in [7, 11) is 0. The fraction of sp³-hybridized carbons (Fsp3) is 0.692. The van der Waals surface area contributed by atoms with Crippen molar-refractivity contribution in [3.05, 3.63) is 23.8 Å². The summed E-state index contributed by atoms with van der Waals surface area (Å²) in [4.78, 5) is 0. The number of ether oxygens (including phenoxy) is 1. The van der Waals surface area contributed by atoms with Gasteiger partial charge in [-0.3, -0.25) is 4.74 Å². The number of halogens is 3. The topological polar surface area (TPSA) is 9.23 Å². The van der Waals surface area contributed by atoms with Gasteiger partial charge in [-0.2, -0.15) is 0 Å². The molecule has 17 heavy (non-hydrogen) atoms. The van der Waals surface area contributed by atoms with E-state index in [0.717, 1.165) is 24.8 Å². The minimum Gasteiger partial charge on any atom is -0.288 e. The zero-order valence-electron chi connectivity index (χ0n) is 10.3. The quantitative estimate of drug-likeness (QED) is 0.663. The minimum atomic E-state index is -4.53. The van der Waals surface area contributed by atoms with Crippen LogP contribution in [-0.2, 0) is 4.74 Å². The van der Waals surface area contributed by atoms with Crippen molar-refractivity contribution in [1.82, 2.24) is 0 Å². The van der Waals surface area contributed by atoms with E-state index in [-0.39, 0.29) is 5.92 Å². The van der Waals surface area contributed by atoms with Gasteiger partial charge >= 0.3 is 6.36 Å². The zero-order chi connectivity index (χ0) is 12.9. The van der Waals surface area contributed by atoms with Gasteiger partial charge in [0.05, 0.1) is 6.10 Å². The summed E-state index contributed by atoms with van der Waals surface area (Å²) in [6.07, 6.45) is 3.42. The van der Waals surface area contributed by atoms with Crippen molar-refractivity contribution in [3.63, 3.8) is 0 Å². The van der Waals surface area contributed by atoms with Gasteiger partial charge in [0.15, 0.2) is 0 Å². The molecule has 1 rings (SSSR count). The highest BCUT2D eigenvalue weighted by atomic mass is 19.4. The van der Waals surface area contributed by atoms with E-state index < -0.39 is 12.5 Å². The number of rotatable bonds is 3. The van der Waals surface area contributed by atoms with E-state index in [4.69, 9.17) is 0 Å². The highest BCUT2D eigenvalue weighted by Gasteiger charge is 2.38. The normalized spacial score (nSPS) is 27.7. The molecule has 0 spiro atoms. The third-order valence-corrected chi connectivity index (χ3v) is 3.12. The van der Waals surface area contributed by atoms with E-state index >= 15 is 0 Å². The van der Waals surface area contributed by atoms with Gasteiger partial charge in [-0.25, -0.2) is 0 Å². The van der Waals surface area contributed by atoms with Crippen LogP contribution in [0, 0.1) is 5.92 Å². The van der Waals surface area contributed by atoms with E-state index in [1.54, 1.807) is 0 Å². The van der Waals surface area contributed by atoms with Gasteiger partial charge < -0.3 is 0 Å². The molecule has 0 radical (unpaired) electrons. The standard InChI is InChI=1S/C13H19F3O/c1-3-4-7-10(2)11-8-5-6-9-12(11)17-13(14,15)16/h3-4,7,11-12H,5-6,8-9H2,1-2H3/b4-3-,10-7+. The number of hydrogen-bond acceptors (Lipinski definition) is 1. The van der Waals surface area contributed by atoms with Crippen LogP contribution < -0.4 is 0 Å². The molecule has 2 atom stereocenters. The maximum Gasteiger partial charge on any atom is 0.522 e. The average Bonchev–Trinajstić information content (AvgIpc) is 2.24. The first-order valence-electron chi connectivity index (χ1n) is 5.98. The molecule has 4 heteroatoms. The molecule has 0 saturated heterocycles. The summed E-state index contributed by atoms with van der Waals surface area (Å²) >= 11 is 0. The van der Waals surface area contributed by atoms with Crippen LogP contribution in [0.5, 0.6) is 0 Å². The van der Waals surface area contributed by atoms with Crippen LogP contribution in [0.15, 0.2) is 23.8 Å². The summed E-state index contributed by atoms with van der Waals surface area (Å²) < 4.78 is 41.0. The Hall–Kier alpha value is -0.770. The summed E-state index contributed by atoms with van der Waals surface area (Å²) in [5.74, 6) is -0.110. The van der Waals surface area contributed by atoms with Gasteiger partial charge in [-0.05, 0) is 26.7 Å². The first kappa shape index (κ1) is 14.3. The van der Waals surface area contributed by atoms with Crippen LogP contribution in [0.1, 0.15) is 39.5 Å². The SMILES string of the molecule is C/C=C\C=C(/C)C1CCCCC1OC(F)(F)F. The van der Waals surface area contributed by atoms with Crippen LogP contribution in [0.2, 0.25) is 0 Å². The Morgan fingerprint density at radius 3 is 2.47 bits per heavy atom. The lowest BCUT2D eigenvalue weighted by Crippen LogP contribution is -2.33. The van der Waals surface area contributed by atoms with Gasteiger partial charge in [0.1, 0.15) is 0 Å². The van der Waals surface area contributed by atoms with Gasteiger partial charge in [-0.1, -0.05) is 36.6 Å². The fourth-order valence-corrected chi connectivity index (χ4v) is 2.30. The molecule has 0 aromatic rings. The summed E-state index contributed by atoms with van der Waals surface area (Å²) in [5.41, 5.74) is 0.969. The highest BCUT2D eigenvalue weighted by Crippen LogP contribution is 2.35. The van der Waals surface area contributed by atoms with Crippen LogP contribution >= 0.6 is 0 Å². The molecule has 0 bridgehead atoms. The summed E-state index contributed by atoms with van der Waals surface area (Å²) in [6, 6.07) is 0. The summed E-state index contributed by atoms with van der Waals surface area (Å²) in [5, 5.41) is 0. The molecule has 1 saturated carbocycles. The molecule has 0 heterocycles. The Balaban J connectivity index is 2.72. The number of allylic oxidation sites excluding steroid dienone is 3. The molecule has 1 fully saturated rings. The Kier molecular flexibility index (Phi) is 5.25. The minimum absolute atomic E-state index is 0.110. The molecule has 1 nitrogen and oxygen atoms in total. The van der Waals surface area contributed by atoms with E-state index in [1.165, 1.54) is 0 Å². The number of alkyl halides is 3. The molecule has 0 aromatic carbocycles. The molecule has 2 unspecified atom stereocenters. The molecule has 1 aliphatic rings. The smallest absolute Gasteiger partial charge is 0.288 e. The van der Waals surface area contributed by atoms with Gasteiger partial charge in [0, 0.05) is 5.92 Å². The first-order chi connectivity index (χ1) is 7.94. The summed E-state index contributed by atoms with van der Waals surface area (Å²) in [6.45, 7) is 3.76. The van der Waals surface area contributed by atoms with Crippen LogP contribution in [0.4, 0.5) is 13.2 Å². The van der Waals surface area contributed by atoms with E-state index in [0.29, 0.717) is 6.42 Å². The number of hydrogen-bond donors (Lipinski definition) is 0. The highest BCUT2D eigenvalue weighted by molar-refractivity contribution is 5.14. The van der Waals surface area contributed by atoms with E-state index in [9.17, 15) is 13.2 Å². The second-order valence-corrected chi connectivity index (χ2v) is 4.43. The second-order valence-electron chi connectivity index (χ2n) is 4.43. The Bertz CT molecular complexity index is 292. The molecule has 0 N–H and O–H groups in total. The maximum atomic E-state index is 12.3.